The minimum atomic E-state index is -0.475. The zero-order valence-corrected chi connectivity index (χ0v) is 12.9. The van der Waals surface area contributed by atoms with E-state index in [2.05, 4.69) is 10.5 Å². The van der Waals surface area contributed by atoms with Gasteiger partial charge >= 0.3 is 0 Å². The lowest BCUT2D eigenvalue weighted by molar-refractivity contribution is 0.318. The van der Waals surface area contributed by atoms with Crippen LogP contribution in [-0.4, -0.2) is 11.0 Å². The summed E-state index contributed by atoms with van der Waals surface area (Å²) in [5.41, 5.74) is 7.25. The van der Waals surface area contributed by atoms with Gasteiger partial charge in [0.25, 0.3) is 0 Å². The predicted octanol–water partition coefficient (Wildman–Crippen LogP) is 3.28. The summed E-state index contributed by atoms with van der Waals surface area (Å²) in [6, 6.07) is 8.40. The Morgan fingerprint density at radius 3 is 2.52 bits per heavy atom. The number of nitrogens with two attached hydrogens (primary N) is 1. The first-order chi connectivity index (χ1) is 10.0. The minimum absolute atomic E-state index is 0.167. The largest absolute Gasteiger partial charge is 0.409 e. The lowest BCUT2D eigenvalue weighted by atomic mass is 10.1. The average molecular weight is 403 g/mol. The number of rotatable bonds is 4. The summed E-state index contributed by atoms with van der Waals surface area (Å²) < 4.78 is 27.0. The second-order valence-electron chi connectivity index (χ2n) is 4.26. The van der Waals surface area contributed by atoms with E-state index in [0.29, 0.717) is 17.7 Å². The molecular weight excluding hydrogens is 391 g/mol. The van der Waals surface area contributed by atoms with Gasteiger partial charge in [-0.25, -0.2) is 8.78 Å². The maximum absolute atomic E-state index is 13.3. The van der Waals surface area contributed by atoms with Crippen LogP contribution in [0.2, 0.25) is 0 Å². The van der Waals surface area contributed by atoms with Crippen molar-refractivity contribution in [2.75, 3.05) is 5.32 Å². The van der Waals surface area contributed by atoms with Crippen LogP contribution in [0.1, 0.15) is 11.1 Å². The van der Waals surface area contributed by atoms with E-state index in [9.17, 15) is 8.78 Å². The molecule has 0 heterocycles. The standard InChI is InChI=1S/C14H12F2IN3O/c15-9-2-1-8(11(5-9)14(18)20-21)7-19-13-4-3-10(16)6-12(13)17/h1-6,19,21H,7H2,(H2,18,20). The molecule has 0 bridgehead atoms. The van der Waals surface area contributed by atoms with E-state index in [1.165, 1.54) is 24.3 Å². The molecule has 2 aromatic rings. The maximum atomic E-state index is 13.3. The van der Waals surface area contributed by atoms with Crippen molar-refractivity contribution < 1.29 is 14.0 Å². The number of oxime groups is 1. The summed E-state index contributed by atoms with van der Waals surface area (Å²) in [5, 5.41) is 14.7. The Hall–Kier alpha value is -1.90. The van der Waals surface area contributed by atoms with E-state index in [4.69, 9.17) is 10.9 Å². The zero-order valence-electron chi connectivity index (χ0n) is 10.8. The maximum Gasteiger partial charge on any atom is 0.170 e. The number of amidine groups is 1. The van der Waals surface area contributed by atoms with E-state index >= 15 is 0 Å². The third-order valence-electron chi connectivity index (χ3n) is 2.86. The van der Waals surface area contributed by atoms with E-state index < -0.39 is 5.82 Å². The van der Waals surface area contributed by atoms with Crippen molar-refractivity contribution in [3.63, 3.8) is 0 Å². The summed E-state index contributed by atoms with van der Waals surface area (Å²) in [4.78, 5) is 0. The molecule has 110 valence electrons. The number of anilines is 1. The molecule has 21 heavy (non-hydrogen) atoms. The number of hydrogen-bond donors (Lipinski definition) is 3. The Morgan fingerprint density at radius 2 is 1.86 bits per heavy atom. The Balaban J connectivity index is 2.24. The molecule has 0 atom stereocenters. The molecule has 0 fully saturated rings. The van der Waals surface area contributed by atoms with Gasteiger partial charge in [-0.05, 0) is 58.5 Å². The fourth-order valence-corrected chi connectivity index (χ4v) is 2.49. The molecule has 4 N–H and O–H groups in total. The van der Waals surface area contributed by atoms with Crippen LogP contribution >= 0.6 is 22.6 Å². The van der Waals surface area contributed by atoms with Crippen molar-refractivity contribution >= 4 is 34.1 Å². The third-order valence-corrected chi connectivity index (χ3v) is 3.75. The van der Waals surface area contributed by atoms with Crippen LogP contribution in [0.5, 0.6) is 0 Å². The molecule has 2 rings (SSSR count). The van der Waals surface area contributed by atoms with Crippen LogP contribution in [0.4, 0.5) is 14.5 Å². The second-order valence-corrected chi connectivity index (χ2v) is 5.43. The van der Waals surface area contributed by atoms with Crippen molar-refractivity contribution in [1.82, 2.24) is 0 Å². The van der Waals surface area contributed by atoms with Gasteiger partial charge in [0.15, 0.2) is 5.84 Å². The highest BCUT2D eigenvalue weighted by molar-refractivity contribution is 14.1. The molecule has 0 unspecified atom stereocenters. The lowest BCUT2D eigenvalue weighted by Crippen LogP contribution is -2.17. The number of halogens is 3. The van der Waals surface area contributed by atoms with Gasteiger partial charge in [-0.1, -0.05) is 11.2 Å². The molecule has 7 heteroatoms. The summed E-state index contributed by atoms with van der Waals surface area (Å²) in [6.45, 7) is 0.327. The summed E-state index contributed by atoms with van der Waals surface area (Å²) >= 11 is 2.01. The number of benzene rings is 2. The first-order valence-corrected chi connectivity index (χ1v) is 7.04. The topological polar surface area (TPSA) is 70.6 Å². The molecule has 0 aliphatic heterocycles. The second kappa shape index (κ2) is 6.70. The van der Waals surface area contributed by atoms with Crippen molar-refractivity contribution in [3.8, 4) is 0 Å². The first-order valence-electron chi connectivity index (χ1n) is 5.96. The average Bonchev–Trinajstić information content (AvgIpc) is 2.46. The Morgan fingerprint density at radius 1 is 1.19 bits per heavy atom. The normalized spacial score (nSPS) is 11.5. The van der Waals surface area contributed by atoms with Crippen LogP contribution in [0, 0.1) is 15.2 Å². The highest BCUT2D eigenvalue weighted by Gasteiger charge is 2.09. The molecule has 0 amide bonds. The van der Waals surface area contributed by atoms with Gasteiger partial charge in [0.2, 0.25) is 0 Å². The van der Waals surface area contributed by atoms with Crippen LogP contribution in [0.3, 0.4) is 0 Å². The zero-order chi connectivity index (χ0) is 15.4. The van der Waals surface area contributed by atoms with E-state index in [1.54, 1.807) is 12.1 Å². The molecule has 0 radical (unpaired) electrons. The highest BCUT2D eigenvalue weighted by Crippen LogP contribution is 2.21. The van der Waals surface area contributed by atoms with Gasteiger partial charge in [0, 0.05) is 21.4 Å². The van der Waals surface area contributed by atoms with Crippen molar-refractivity contribution in [1.29, 1.82) is 0 Å². The van der Waals surface area contributed by atoms with Crippen molar-refractivity contribution in [2.24, 2.45) is 10.9 Å². The number of hydrogen-bond acceptors (Lipinski definition) is 3. The van der Waals surface area contributed by atoms with Crippen LogP contribution in [0.25, 0.3) is 0 Å². The van der Waals surface area contributed by atoms with Crippen LogP contribution in [-0.2, 0) is 6.54 Å². The Labute approximate surface area is 133 Å². The molecule has 0 saturated heterocycles. The molecule has 0 aliphatic carbocycles. The quantitative estimate of drug-likeness (QED) is 0.241. The number of nitrogens with one attached hydrogen (secondary N) is 1. The van der Waals surface area contributed by atoms with Crippen molar-refractivity contribution in [2.45, 2.75) is 6.54 Å². The van der Waals surface area contributed by atoms with E-state index in [0.717, 1.165) is 9.26 Å². The summed E-state index contributed by atoms with van der Waals surface area (Å²) in [7, 11) is 0. The lowest BCUT2D eigenvalue weighted by Gasteiger charge is -2.12. The monoisotopic (exact) mass is 403 g/mol. The smallest absolute Gasteiger partial charge is 0.170 e. The van der Waals surface area contributed by atoms with Crippen molar-refractivity contribution in [3.05, 3.63) is 62.7 Å². The van der Waals surface area contributed by atoms with Gasteiger partial charge in [-0.3, -0.25) is 0 Å². The van der Waals surface area contributed by atoms with Gasteiger partial charge in [-0.2, -0.15) is 0 Å². The SMILES string of the molecule is NC(=NO)c1cc(F)ccc1CNc1ccc(F)cc1I. The van der Waals surface area contributed by atoms with Gasteiger partial charge in [0.1, 0.15) is 11.6 Å². The molecular formula is C14H12F2IN3O. The van der Waals surface area contributed by atoms with Crippen LogP contribution in [0.15, 0.2) is 41.6 Å². The molecule has 0 aliphatic rings. The molecule has 0 aromatic heterocycles. The van der Waals surface area contributed by atoms with Gasteiger partial charge in [-0.15, -0.1) is 0 Å². The van der Waals surface area contributed by atoms with Crippen LogP contribution < -0.4 is 11.1 Å². The van der Waals surface area contributed by atoms with E-state index in [1.807, 2.05) is 22.6 Å². The Kier molecular flexibility index (Phi) is 4.94. The van der Waals surface area contributed by atoms with Gasteiger partial charge in [0.05, 0.1) is 0 Å². The fourth-order valence-electron chi connectivity index (χ4n) is 1.82. The number of nitrogens with zero attached hydrogens (tertiary/aromatic N) is 1. The fraction of sp³-hybridized carbons (Fsp3) is 0.0714. The first kappa shape index (κ1) is 15.5. The molecule has 0 spiro atoms. The molecule has 2 aromatic carbocycles. The third kappa shape index (κ3) is 3.81. The molecule has 4 nitrogen and oxygen atoms in total. The van der Waals surface area contributed by atoms with Gasteiger partial charge < -0.3 is 16.3 Å². The minimum Gasteiger partial charge on any atom is -0.409 e. The molecule has 0 saturated carbocycles. The predicted molar refractivity (Wildman–Crippen MR) is 85.4 cm³/mol. The summed E-state index contributed by atoms with van der Waals surface area (Å²) in [5.74, 6) is -0.958. The van der Waals surface area contributed by atoms with E-state index in [-0.39, 0.29) is 11.7 Å². The Bertz CT molecular complexity index is 692. The highest BCUT2D eigenvalue weighted by atomic mass is 127. The summed E-state index contributed by atoms with van der Waals surface area (Å²) in [6.07, 6.45) is 0.